The van der Waals surface area contributed by atoms with Crippen LogP contribution in [0.1, 0.15) is 37.4 Å². The summed E-state index contributed by atoms with van der Waals surface area (Å²) < 4.78 is 0. The number of nitrogens with zero attached hydrogens (tertiary/aromatic N) is 2. The molecule has 1 atom stereocenters. The van der Waals surface area contributed by atoms with Gasteiger partial charge in [-0.25, -0.2) is 5.01 Å². The van der Waals surface area contributed by atoms with Crippen molar-refractivity contribution in [1.82, 2.24) is 5.01 Å². The van der Waals surface area contributed by atoms with Gasteiger partial charge >= 0.3 is 0 Å². The molecule has 0 spiro atoms. The third-order valence-corrected chi connectivity index (χ3v) is 4.40. The Labute approximate surface area is 146 Å². The van der Waals surface area contributed by atoms with Gasteiger partial charge in [0.05, 0.1) is 11.8 Å². The zero-order chi connectivity index (χ0) is 17.3. The minimum atomic E-state index is -0.238. The summed E-state index contributed by atoms with van der Waals surface area (Å²) in [6.07, 6.45) is 0.561. The van der Waals surface area contributed by atoms with Crippen LogP contribution in [-0.2, 0) is 4.79 Å². The van der Waals surface area contributed by atoms with Crippen LogP contribution in [0.4, 0.5) is 0 Å². The Morgan fingerprint density at radius 3 is 2.67 bits per heavy atom. The van der Waals surface area contributed by atoms with Gasteiger partial charge in [0, 0.05) is 22.9 Å². The first-order valence-electron chi connectivity index (χ1n) is 7.91. The molecule has 1 amide bonds. The molecule has 1 N–H and O–H groups in total. The number of hydrazone groups is 1. The average molecular weight is 343 g/mol. The van der Waals surface area contributed by atoms with Gasteiger partial charge in [0.25, 0.3) is 0 Å². The Morgan fingerprint density at radius 1 is 1.25 bits per heavy atom. The van der Waals surface area contributed by atoms with E-state index < -0.39 is 0 Å². The van der Waals surface area contributed by atoms with E-state index in [4.69, 9.17) is 11.6 Å². The number of carbonyl (C=O) groups excluding carboxylic acids is 1. The molecular formula is C19H19ClN2O2. The predicted molar refractivity (Wildman–Crippen MR) is 95.1 cm³/mol. The van der Waals surface area contributed by atoms with Crippen molar-refractivity contribution in [1.29, 1.82) is 0 Å². The van der Waals surface area contributed by atoms with E-state index in [2.05, 4.69) is 5.10 Å². The third kappa shape index (κ3) is 3.15. The number of halogens is 1. The monoisotopic (exact) mass is 342 g/mol. The van der Waals surface area contributed by atoms with Crippen molar-refractivity contribution in [2.75, 3.05) is 0 Å². The smallest absolute Gasteiger partial charge is 0.245 e. The second-order valence-corrected chi connectivity index (χ2v) is 6.59. The highest BCUT2D eigenvalue weighted by molar-refractivity contribution is 6.34. The zero-order valence-corrected chi connectivity index (χ0v) is 14.4. The van der Waals surface area contributed by atoms with Crippen LogP contribution in [0.5, 0.6) is 5.75 Å². The van der Waals surface area contributed by atoms with E-state index in [-0.39, 0.29) is 23.6 Å². The largest absolute Gasteiger partial charge is 0.508 e. The van der Waals surface area contributed by atoms with E-state index in [9.17, 15) is 9.90 Å². The van der Waals surface area contributed by atoms with Crippen LogP contribution in [0.3, 0.4) is 0 Å². The minimum Gasteiger partial charge on any atom is -0.508 e. The van der Waals surface area contributed by atoms with Gasteiger partial charge in [-0.3, -0.25) is 4.79 Å². The summed E-state index contributed by atoms with van der Waals surface area (Å²) in [6.45, 7) is 3.70. The van der Waals surface area contributed by atoms with Gasteiger partial charge in [-0.05, 0) is 23.8 Å². The molecule has 1 aliphatic heterocycles. The maximum Gasteiger partial charge on any atom is 0.245 e. The van der Waals surface area contributed by atoms with Crippen LogP contribution < -0.4 is 0 Å². The summed E-state index contributed by atoms with van der Waals surface area (Å²) in [4.78, 5) is 12.6. The molecule has 0 saturated carbocycles. The van der Waals surface area contributed by atoms with Gasteiger partial charge in [-0.1, -0.05) is 55.8 Å². The second kappa shape index (κ2) is 6.65. The van der Waals surface area contributed by atoms with E-state index in [1.807, 2.05) is 44.2 Å². The van der Waals surface area contributed by atoms with Crippen molar-refractivity contribution in [3.8, 4) is 5.75 Å². The molecule has 0 radical (unpaired) electrons. The summed E-state index contributed by atoms with van der Waals surface area (Å²) in [5, 5.41) is 16.5. The Balaban J connectivity index is 2.01. The fourth-order valence-corrected chi connectivity index (χ4v) is 3.07. The van der Waals surface area contributed by atoms with Gasteiger partial charge in [-0.15, -0.1) is 0 Å². The van der Waals surface area contributed by atoms with Crippen molar-refractivity contribution >= 4 is 23.2 Å². The molecule has 4 nitrogen and oxygen atoms in total. The lowest BCUT2D eigenvalue weighted by atomic mass is 9.97. The van der Waals surface area contributed by atoms with Gasteiger partial charge in [0.1, 0.15) is 5.75 Å². The highest BCUT2D eigenvalue weighted by Crippen LogP contribution is 2.36. The molecule has 1 aliphatic rings. The minimum absolute atomic E-state index is 0.0506. The summed E-state index contributed by atoms with van der Waals surface area (Å²) in [5.74, 6) is -0.0415. The molecule has 0 aliphatic carbocycles. The van der Waals surface area contributed by atoms with Crippen molar-refractivity contribution in [2.24, 2.45) is 11.0 Å². The molecule has 24 heavy (non-hydrogen) atoms. The second-order valence-electron chi connectivity index (χ2n) is 6.18. The summed E-state index contributed by atoms with van der Waals surface area (Å²) >= 11 is 6.29. The Hall–Kier alpha value is -2.33. The Kier molecular flexibility index (Phi) is 4.58. The summed E-state index contributed by atoms with van der Waals surface area (Å²) in [6, 6.07) is 14.2. The fraction of sp³-hybridized carbons (Fsp3) is 0.263. The van der Waals surface area contributed by atoms with E-state index in [1.54, 1.807) is 18.2 Å². The van der Waals surface area contributed by atoms with Gasteiger partial charge in [0.2, 0.25) is 5.91 Å². The Bertz CT molecular complexity index is 801. The molecule has 2 aromatic rings. The predicted octanol–water partition coefficient (Wildman–Crippen LogP) is 4.38. The molecule has 0 fully saturated rings. The van der Waals surface area contributed by atoms with E-state index in [1.165, 1.54) is 5.01 Å². The van der Waals surface area contributed by atoms with Crippen LogP contribution in [0, 0.1) is 5.92 Å². The SMILES string of the molecule is CC(C)C(=O)N1N=C(c2ccccc2Cl)CC1c1cccc(O)c1. The maximum atomic E-state index is 12.6. The molecule has 1 heterocycles. The lowest BCUT2D eigenvalue weighted by Gasteiger charge is -2.23. The molecule has 5 heteroatoms. The number of benzene rings is 2. The topological polar surface area (TPSA) is 52.9 Å². The molecule has 0 aromatic heterocycles. The highest BCUT2D eigenvalue weighted by Gasteiger charge is 2.34. The van der Waals surface area contributed by atoms with Crippen molar-refractivity contribution < 1.29 is 9.90 Å². The molecule has 3 rings (SSSR count). The molecule has 1 unspecified atom stereocenters. The average Bonchev–Trinajstić information content (AvgIpc) is 2.99. The lowest BCUT2D eigenvalue weighted by molar-refractivity contribution is -0.136. The standard InChI is InChI=1S/C19H19ClN2O2/c1-12(2)19(24)22-18(13-6-5-7-14(23)10-13)11-17(21-22)15-8-3-4-9-16(15)20/h3-10,12,18,23H,11H2,1-2H3. The molecular weight excluding hydrogens is 324 g/mol. The number of phenols is 1. The molecule has 2 aromatic carbocycles. The normalized spacial score (nSPS) is 17.2. The number of hydrogen-bond donors (Lipinski definition) is 1. The van der Waals surface area contributed by atoms with Crippen LogP contribution in [0.25, 0.3) is 0 Å². The quantitative estimate of drug-likeness (QED) is 0.900. The maximum absolute atomic E-state index is 12.6. The van der Waals surface area contributed by atoms with Crippen molar-refractivity contribution in [3.05, 3.63) is 64.7 Å². The van der Waals surface area contributed by atoms with Crippen LogP contribution in [-0.4, -0.2) is 21.7 Å². The van der Waals surface area contributed by atoms with Crippen LogP contribution in [0.2, 0.25) is 5.02 Å². The number of hydrogen-bond acceptors (Lipinski definition) is 3. The number of carbonyl (C=O) groups is 1. The van der Waals surface area contributed by atoms with Gasteiger partial charge in [-0.2, -0.15) is 5.10 Å². The van der Waals surface area contributed by atoms with Crippen molar-refractivity contribution in [3.63, 3.8) is 0 Å². The van der Waals surface area contributed by atoms with E-state index in [0.29, 0.717) is 11.4 Å². The Morgan fingerprint density at radius 2 is 2.00 bits per heavy atom. The van der Waals surface area contributed by atoms with E-state index >= 15 is 0 Å². The molecule has 0 bridgehead atoms. The van der Waals surface area contributed by atoms with Crippen molar-refractivity contribution in [2.45, 2.75) is 26.3 Å². The van der Waals surface area contributed by atoms with Gasteiger partial charge in [0.15, 0.2) is 0 Å². The lowest BCUT2D eigenvalue weighted by Crippen LogP contribution is -2.30. The van der Waals surface area contributed by atoms with Crippen LogP contribution >= 0.6 is 11.6 Å². The number of rotatable bonds is 3. The first kappa shape index (κ1) is 16.5. The van der Waals surface area contributed by atoms with Crippen LogP contribution in [0.15, 0.2) is 53.6 Å². The number of phenolic OH excluding ortho intramolecular Hbond substituents is 1. The molecule has 124 valence electrons. The van der Waals surface area contributed by atoms with Gasteiger partial charge < -0.3 is 5.11 Å². The third-order valence-electron chi connectivity index (χ3n) is 4.07. The first-order chi connectivity index (χ1) is 11.5. The zero-order valence-electron chi connectivity index (χ0n) is 13.6. The molecule has 0 saturated heterocycles. The number of aromatic hydroxyl groups is 1. The van der Waals surface area contributed by atoms with E-state index in [0.717, 1.165) is 16.8 Å². The number of amides is 1. The first-order valence-corrected chi connectivity index (χ1v) is 8.29. The highest BCUT2D eigenvalue weighted by atomic mass is 35.5. The fourth-order valence-electron chi connectivity index (χ4n) is 2.83. The summed E-state index contributed by atoms with van der Waals surface area (Å²) in [7, 11) is 0. The summed E-state index contributed by atoms with van der Waals surface area (Å²) in [5.41, 5.74) is 2.47.